The van der Waals surface area contributed by atoms with Gasteiger partial charge in [0, 0.05) is 18.2 Å². The Hall–Kier alpha value is -1.95. The first-order chi connectivity index (χ1) is 11.1. The zero-order valence-electron chi connectivity index (χ0n) is 13.7. The number of carbonyl (C=O) groups excluding carboxylic acids is 1. The smallest absolute Gasteiger partial charge is 0.230 e. The summed E-state index contributed by atoms with van der Waals surface area (Å²) in [6.45, 7) is 4.86. The van der Waals surface area contributed by atoms with Crippen LogP contribution in [0.25, 0.3) is 11.3 Å². The number of thioether (sulfide) groups is 1. The summed E-state index contributed by atoms with van der Waals surface area (Å²) in [4.78, 5) is 11.6. The summed E-state index contributed by atoms with van der Waals surface area (Å²) in [6, 6.07) is 9.55. The number of amides is 1. The Morgan fingerprint density at radius 3 is 2.74 bits per heavy atom. The van der Waals surface area contributed by atoms with Gasteiger partial charge in [-0.05, 0) is 30.2 Å². The monoisotopic (exact) mass is 334 g/mol. The number of rotatable bonds is 8. The number of hydrogen-bond acceptors (Lipinski definition) is 5. The van der Waals surface area contributed by atoms with E-state index < -0.39 is 0 Å². The topological polar surface area (TPSA) is 64.4 Å². The highest BCUT2D eigenvalue weighted by Gasteiger charge is 2.08. The zero-order valence-corrected chi connectivity index (χ0v) is 14.5. The van der Waals surface area contributed by atoms with E-state index >= 15 is 0 Å². The minimum absolute atomic E-state index is 0.0543. The van der Waals surface area contributed by atoms with Crippen LogP contribution in [0.4, 0.5) is 0 Å². The van der Waals surface area contributed by atoms with Crippen molar-refractivity contribution in [2.75, 3.05) is 19.4 Å². The molecule has 0 aliphatic heterocycles. The number of carbonyl (C=O) groups is 1. The molecule has 0 saturated heterocycles. The van der Waals surface area contributed by atoms with Crippen molar-refractivity contribution in [3.05, 3.63) is 36.1 Å². The van der Waals surface area contributed by atoms with Crippen LogP contribution < -0.4 is 10.1 Å². The van der Waals surface area contributed by atoms with E-state index in [1.165, 1.54) is 11.8 Å². The van der Waals surface area contributed by atoms with Crippen LogP contribution in [0.1, 0.15) is 19.6 Å². The van der Waals surface area contributed by atoms with Crippen molar-refractivity contribution in [2.24, 2.45) is 5.92 Å². The van der Waals surface area contributed by atoms with Gasteiger partial charge in [-0.15, -0.1) is 11.8 Å². The van der Waals surface area contributed by atoms with E-state index in [4.69, 9.17) is 9.26 Å². The van der Waals surface area contributed by atoms with E-state index in [0.717, 1.165) is 22.8 Å². The summed E-state index contributed by atoms with van der Waals surface area (Å²) in [5, 5.41) is 6.96. The van der Waals surface area contributed by atoms with Crippen LogP contribution in [0, 0.1) is 5.92 Å². The maximum absolute atomic E-state index is 11.6. The summed E-state index contributed by atoms with van der Waals surface area (Å²) < 4.78 is 10.5. The highest BCUT2D eigenvalue weighted by molar-refractivity contribution is 7.99. The fourth-order valence-electron chi connectivity index (χ4n) is 1.89. The number of aromatic nitrogens is 1. The second-order valence-electron chi connectivity index (χ2n) is 5.60. The average molecular weight is 334 g/mol. The van der Waals surface area contributed by atoms with Crippen molar-refractivity contribution < 1.29 is 14.1 Å². The van der Waals surface area contributed by atoms with E-state index in [1.54, 1.807) is 7.11 Å². The third kappa shape index (κ3) is 5.63. The van der Waals surface area contributed by atoms with Gasteiger partial charge in [0.2, 0.25) is 5.91 Å². The highest BCUT2D eigenvalue weighted by atomic mass is 32.2. The van der Waals surface area contributed by atoms with Gasteiger partial charge in [-0.2, -0.15) is 0 Å². The van der Waals surface area contributed by atoms with Crippen LogP contribution >= 0.6 is 11.8 Å². The van der Waals surface area contributed by atoms with Crippen LogP contribution in [0.2, 0.25) is 0 Å². The fourth-order valence-corrected chi connectivity index (χ4v) is 2.62. The van der Waals surface area contributed by atoms with Crippen molar-refractivity contribution in [3.63, 3.8) is 0 Å². The Kier molecular flexibility index (Phi) is 6.52. The average Bonchev–Trinajstić information content (AvgIpc) is 3.02. The molecule has 0 radical (unpaired) electrons. The molecule has 0 aliphatic rings. The molecule has 6 heteroatoms. The predicted octanol–water partition coefficient (Wildman–Crippen LogP) is 3.36. The number of methoxy groups -OCH3 is 1. The number of hydrogen-bond donors (Lipinski definition) is 1. The summed E-state index contributed by atoms with van der Waals surface area (Å²) in [5.41, 5.74) is 1.76. The summed E-state index contributed by atoms with van der Waals surface area (Å²) in [5.74, 6) is 3.13. The molecule has 0 aliphatic carbocycles. The van der Waals surface area contributed by atoms with Crippen molar-refractivity contribution in [1.29, 1.82) is 0 Å². The molecule has 1 aromatic heterocycles. The zero-order chi connectivity index (χ0) is 16.7. The maximum atomic E-state index is 11.6. The number of nitrogens with one attached hydrogen (secondary N) is 1. The third-order valence-corrected chi connectivity index (χ3v) is 4.08. The molecule has 1 amide bonds. The van der Waals surface area contributed by atoms with Gasteiger partial charge in [0.15, 0.2) is 0 Å². The van der Waals surface area contributed by atoms with Gasteiger partial charge in [0.25, 0.3) is 0 Å². The molecular weight excluding hydrogens is 312 g/mol. The van der Waals surface area contributed by atoms with Crippen LogP contribution in [0.5, 0.6) is 5.75 Å². The summed E-state index contributed by atoms with van der Waals surface area (Å²) >= 11 is 1.51. The van der Waals surface area contributed by atoms with E-state index in [1.807, 2.05) is 30.3 Å². The van der Waals surface area contributed by atoms with Crippen LogP contribution in [-0.2, 0) is 10.5 Å². The van der Waals surface area contributed by atoms with Gasteiger partial charge in [0.1, 0.15) is 17.2 Å². The van der Waals surface area contributed by atoms with Crippen LogP contribution in [0.3, 0.4) is 0 Å². The molecular formula is C17H22N2O3S. The second kappa shape index (κ2) is 8.62. The molecule has 0 atom stereocenters. The van der Waals surface area contributed by atoms with Crippen molar-refractivity contribution in [2.45, 2.75) is 19.6 Å². The number of benzene rings is 1. The van der Waals surface area contributed by atoms with E-state index in [2.05, 4.69) is 24.3 Å². The Labute approximate surface area is 140 Å². The van der Waals surface area contributed by atoms with Gasteiger partial charge in [-0.25, -0.2) is 0 Å². The molecule has 2 rings (SSSR count). The summed E-state index contributed by atoms with van der Waals surface area (Å²) in [7, 11) is 1.64. The molecule has 0 fully saturated rings. The van der Waals surface area contributed by atoms with Gasteiger partial charge in [0.05, 0.1) is 18.6 Å². The van der Waals surface area contributed by atoms with Crippen molar-refractivity contribution in [3.8, 4) is 17.0 Å². The molecule has 1 aromatic carbocycles. The Morgan fingerprint density at radius 2 is 2.09 bits per heavy atom. The van der Waals surface area contributed by atoms with Gasteiger partial charge >= 0.3 is 0 Å². The predicted molar refractivity (Wildman–Crippen MR) is 92.5 cm³/mol. The molecule has 1 N–H and O–H groups in total. The summed E-state index contributed by atoms with van der Waals surface area (Å²) in [6.07, 6.45) is 0. The fraction of sp³-hybridized carbons (Fsp3) is 0.412. The number of ether oxygens (including phenoxy) is 1. The molecule has 0 spiro atoms. The molecule has 2 aromatic rings. The normalized spacial score (nSPS) is 10.8. The van der Waals surface area contributed by atoms with Crippen molar-refractivity contribution in [1.82, 2.24) is 10.5 Å². The largest absolute Gasteiger partial charge is 0.497 e. The van der Waals surface area contributed by atoms with Gasteiger partial charge in [-0.1, -0.05) is 19.0 Å². The maximum Gasteiger partial charge on any atom is 0.230 e. The SMILES string of the molecule is COc1ccc(-c2cc(CSCC(=O)NCC(C)C)on2)cc1. The van der Waals surface area contributed by atoms with Crippen LogP contribution in [0.15, 0.2) is 34.9 Å². The Morgan fingerprint density at radius 1 is 1.35 bits per heavy atom. The molecule has 23 heavy (non-hydrogen) atoms. The quantitative estimate of drug-likeness (QED) is 0.802. The molecule has 124 valence electrons. The van der Waals surface area contributed by atoms with E-state index in [-0.39, 0.29) is 5.91 Å². The lowest BCUT2D eigenvalue weighted by molar-refractivity contribution is -0.118. The first-order valence-corrected chi connectivity index (χ1v) is 8.68. The van der Waals surface area contributed by atoms with Gasteiger partial charge in [-0.3, -0.25) is 4.79 Å². The molecule has 1 heterocycles. The molecule has 5 nitrogen and oxygen atoms in total. The minimum Gasteiger partial charge on any atom is -0.497 e. The van der Waals surface area contributed by atoms with Gasteiger partial charge < -0.3 is 14.6 Å². The first-order valence-electron chi connectivity index (χ1n) is 7.53. The molecule has 0 unspecified atom stereocenters. The minimum atomic E-state index is 0.0543. The second-order valence-corrected chi connectivity index (χ2v) is 6.58. The third-order valence-electron chi connectivity index (χ3n) is 3.13. The molecule has 0 saturated carbocycles. The Balaban J connectivity index is 1.81. The first kappa shape index (κ1) is 17.4. The lowest BCUT2D eigenvalue weighted by Crippen LogP contribution is -2.28. The lowest BCUT2D eigenvalue weighted by atomic mass is 10.1. The highest BCUT2D eigenvalue weighted by Crippen LogP contribution is 2.23. The van der Waals surface area contributed by atoms with Crippen LogP contribution in [-0.4, -0.2) is 30.5 Å². The van der Waals surface area contributed by atoms with E-state index in [0.29, 0.717) is 24.0 Å². The Bertz CT molecular complexity index is 623. The molecule has 0 bridgehead atoms. The lowest BCUT2D eigenvalue weighted by Gasteiger charge is -2.06. The van der Waals surface area contributed by atoms with Crippen molar-refractivity contribution >= 4 is 17.7 Å². The number of nitrogens with zero attached hydrogens (tertiary/aromatic N) is 1. The standard InChI is InChI=1S/C17H22N2O3S/c1-12(2)9-18-17(20)11-23-10-15-8-16(19-22-15)13-4-6-14(21-3)7-5-13/h4-8,12H,9-11H2,1-3H3,(H,18,20). The van der Waals surface area contributed by atoms with E-state index in [9.17, 15) is 4.79 Å².